The average molecular weight is 477 g/mol. The minimum atomic E-state index is -2.86. The summed E-state index contributed by atoms with van der Waals surface area (Å²) in [4.78, 5) is 22.4. The van der Waals surface area contributed by atoms with Crippen molar-refractivity contribution in [3.05, 3.63) is 59.0 Å². The average Bonchev–Trinajstić information content (AvgIpc) is 3.16. The van der Waals surface area contributed by atoms with Crippen molar-refractivity contribution in [3.63, 3.8) is 0 Å². The Morgan fingerprint density at radius 2 is 1.97 bits per heavy atom. The maximum atomic E-state index is 13.3. The van der Waals surface area contributed by atoms with Crippen molar-refractivity contribution in [2.24, 2.45) is 0 Å². The lowest BCUT2D eigenvalue weighted by Crippen LogP contribution is -2.38. The number of hydrogen-bond acceptors (Lipinski definition) is 5. The van der Waals surface area contributed by atoms with Gasteiger partial charge >= 0.3 is 12.6 Å². The van der Waals surface area contributed by atoms with Gasteiger partial charge in [0, 0.05) is 5.39 Å². The van der Waals surface area contributed by atoms with E-state index in [-0.39, 0.29) is 23.0 Å². The third-order valence-electron chi connectivity index (χ3n) is 4.42. The lowest BCUT2D eigenvalue weighted by molar-refractivity contribution is -0.158. The van der Waals surface area contributed by atoms with Crippen LogP contribution in [0, 0.1) is 11.8 Å². The number of amides is 1. The third-order valence-corrected chi connectivity index (χ3v) is 4.61. The molecule has 0 bridgehead atoms. The minimum absolute atomic E-state index is 0.0267. The summed E-state index contributed by atoms with van der Waals surface area (Å²) < 4.78 is 32.5. The van der Waals surface area contributed by atoms with E-state index in [1.165, 1.54) is 12.3 Å². The van der Waals surface area contributed by atoms with Gasteiger partial charge < -0.3 is 4.74 Å². The summed E-state index contributed by atoms with van der Waals surface area (Å²) in [7, 11) is 0. The molecule has 0 aliphatic carbocycles. The van der Waals surface area contributed by atoms with Crippen LogP contribution in [0.5, 0.6) is 0 Å². The lowest BCUT2D eigenvalue weighted by Gasteiger charge is -2.30. The van der Waals surface area contributed by atoms with Crippen LogP contribution >= 0.6 is 11.6 Å². The summed E-state index contributed by atoms with van der Waals surface area (Å²) in [6, 6.07) is 10.2. The predicted molar refractivity (Wildman–Crippen MR) is 120 cm³/mol. The highest BCUT2D eigenvalue weighted by molar-refractivity contribution is 6.30. The second-order valence-corrected chi connectivity index (χ2v) is 8.45. The molecule has 174 valence electrons. The number of carbonyl (C=O) groups is 1. The highest BCUT2D eigenvalue weighted by Crippen LogP contribution is 2.25. The fraction of sp³-hybridized carbons (Fsp3) is 0.348. The normalized spacial score (nSPS) is 12.4. The standard InChI is InChI=1S/C23H23ClF2N4O3/c1-15(16-9-6-5-7-10-16)30(22(31)33-23(2,3)4)32-12-8-11-18-20-17(13-19(24)28-18)14-27-29(20)21(25)26/h5-7,9-10,13-15,21H,12H2,1-4H3. The number of aromatic nitrogens is 3. The number of nitrogens with zero attached hydrogens (tertiary/aromatic N) is 4. The Bertz CT molecular complexity index is 1180. The number of fused-ring (bicyclic) bond motifs is 1. The van der Waals surface area contributed by atoms with Crippen LogP contribution in [0.25, 0.3) is 10.9 Å². The van der Waals surface area contributed by atoms with Crippen LogP contribution in [0.2, 0.25) is 5.15 Å². The number of carbonyl (C=O) groups excluding carboxylic acids is 1. The van der Waals surface area contributed by atoms with E-state index in [2.05, 4.69) is 21.9 Å². The topological polar surface area (TPSA) is 69.5 Å². The molecule has 0 saturated heterocycles. The van der Waals surface area contributed by atoms with E-state index < -0.39 is 24.3 Å². The van der Waals surface area contributed by atoms with Gasteiger partial charge in [-0.05, 0) is 45.2 Å². The molecular formula is C23H23ClF2N4O3. The first kappa shape index (κ1) is 24.4. The number of pyridine rings is 1. The van der Waals surface area contributed by atoms with E-state index in [4.69, 9.17) is 21.2 Å². The monoisotopic (exact) mass is 476 g/mol. The van der Waals surface area contributed by atoms with E-state index in [0.717, 1.165) is 10.6 Å². The Balaban J connectivity index is 1.84. The smallest absolute Gasteiger partial charge is 0.435 e. The molecule has 3 aromatic rings. The van der Waals surface area contributed by atoms with E-state index in [9.17, 15) is 13.6 Å². The molecule has 0 N–H and O–H groups in total. The molecule has 33 heavy (non-hydrogen) atoms. The van der Waals surface area contributed by atoms with Gasteiger partial charge in [-0.1, -0.05) is 47.9 Å². The highest BCUT2D eigenvalue weighted by Gasteiger charge is 2.28. The number of hydroxylamine groups is 2. The van der Waals surface area contributed by atoms with E-state index in [1.807, 2.05) is 30.3 Å². The van der Waals surface area contributed by atoms with Crippen molar-refractivity contribution in [1.82, 2.24) is 19.8 Å². The first-order valence-corrected chi connectivity index (χ1v) is 10.5. The molecule has 3 rings (SSSR count). The number of hydrogen-bond donors (Lipinski definition) is 0. The fourth-order valence-corrected chi connectivity index (χ4v) is 3.20. The Morgan fingerprint density at radius 1 is 1.27 bits per heavy atom. The van der Waals surface area contributed by atoms with Crippen LogP contribution in [-0.4, -0.2) is 38.1 Å². The molecule has 0 saturated carbocycles. The number of halogens is 3. The molecule has 1 amide bonds. The van der Waals surface area contributed by atoms with Gasteiger partial charge in [0.25, 0.3) is 0 Å². The first-order valence-electron chi connectivity index (χ1n) is 10.1. The van der Waals surface area contributed by atoms with Gasteiger partial charge in [-0.25, -0.2) is 14.5 Å². The Kier molecular flexibility index (Phi) is 7.51. The number of ether oxygens (including phenoxy) is 1. The molecule has 0 fully saturated rings. The summed E-state index contributed by atoms with van der Waals surface area (Å²) in [5.41, 5.74) is 0.183. The summed E-state index contributed by atoms with van der Waals surface area (Å²) >= 11 is 5.98. The van der Waals surface area contributed by atoms with Crippen molar-refractivity contribution in [2.45, 2.75) is 45.9 Å². The Labute approximate surface area is 195 Å². The molecule has 0 aliphatic rings. The first-order chi connectivity index (χ1) is 15.6. The van der Waals surface area contributed by atoms with E-state index >= 15 is 0 Å². The molecular weight excluding hydrogens is 454 g/mol. The number of alkyl halides is 2. The van der Waals surface area contributed by atoms with Crippen LogP contribution in [0.4, 0.5) is 13.6 Å². The van der Waals surface area contributed by atoms with Gasteiger partial charge in [0.15, 0.2) is 0 Å². The lowest BCUT2D eigenvalue weighted by atomic mass is 10.1. The molecule has 0 spiro atoms. The maximum absolute atomic E-state index is 13.3. The molecule has 0 radical (unpaired) electrons. The van der Waals surface area contributed by atoms with E-state index in [1.54, 1.807) is 27.7 Å². The Morgan fingerprint density at radius 3 is 2.61 bits per heavy atom. The molecule has 2 aromatic heterocycles. The highest BCUT2D eigenvalue weighted by atomic mass is 35.5. The van der Waals surface area contributed by atoms with Crippen molar-refractivity contribution in [3.8, 4) is 11.8 Å². The van der Waals surface area contributed by atoms with Gasteiger partial charge in [0.1, 0.15) is 28.6 Å². The zero-order valence-electron chi connectivity index (χ0n) is 18.6. The Hall–Kier alpha value is -3.22. The fourth-order valence-electron chi connectivity index (χ4n) is 3.00. The van der Waals surface area contributed by atoms with Crippen molar-refractivity contribution >= 4 is 28.6 Å². The van der Waals surface area contributed by atoms with Crippen LogP contribution in [-0.2, 0) is 9.57 Å². The van der Waals surface area contributed by atoms with Gasteiger partial charge in [-0.15, -0.1) is 0 Å². The third kappa shape index (κ3) is 6.18. The summed E-state index contributed by atoms with van der Waals surface area (Å²) in [5.74, 6) is 5.39. The van der Waals surface area contributed by atoms with Crippen molar-refractivity contribution in [2.75, 3.05) is 6.61 Å². The van der Waals surface area contributed by atoms with Crippen LogP contribution in [0.1, 0.15) is 51.5 Å². The van der Waals surface area contributed by atoms with Crippen LogP contribution < -0.4 is 0 Å². The molecule has 1 aromatic carbocycles. The molecule has 0 aliphatic heterocycles. The maximum Gasteiger partial charge on any atom is 0.435 e. The zero-order valence-corrected chi connectivity index (χ0v) is 19.3. The summed E-state index contributed by atoms with van der Waals surface area (Å²) in [5, 5.41) is 5.24. The van der Waals surface area contributed by atoms with Crippen molar-refractivity contribution in [1.29, 1.82) is 0 Å². The van der Waals surface area contributed by atoms with Crippen LogP contribution in [0.3, 0.4) is 0 Å². The van der Waals surface area contributed by atoms with E-state index in [0.29, 0.717) is 10.1 Å². The van der Waals surface area contributed by atoms with Gasteiger partial charge in [0.05, 0.1) is 12.2 Å². The molecule has 7 nitrogen and oxygen atoms in total. The molecule has 1 unspecified atom stereocenters. The molecule has 1 atom stereocenters. The quantitative estimate of drug-likeness (QED) is 0.266. The second kappa shape index (κ2) is 10.1. The zero-order chi connectivity index (χ0) is 24.2. The summed E-state index contributed by atoms with van der Waals surface area (Å²) in [6.45, 7) is 3.94. The van der Waals surface area contributed by atoms with Crippen LogP contribution in [0.15, 0.2) is 42.6 Å². The molecule has 2 heterocycles. The number of rotatable bonds is 5. The van der Waals surface area contributed by atoms with Gasteiger partial charge in [-0.2, -0.15) is 18.9 Å². The minimum Gasteiger partial charge on any atom is -0.442 e. The second-order valence-electron chi connectivity index (χ2n) is 8.07. The van der Waals surface area contributed by atoms with Gasteiger partial charge in [-0.3, -0.25) is 4.84 Å². The van der Waals surface area contributed by atoms with Crippen molar-refractivity contribution < 1.29 is 23.1 Å². The molecule has 10 heteroatoms. The van der Waals surface area contributed by atoms with Gasteiger partial charge in [0.2, 0.25) is 0 Å². The SMILES string of the molecule is CC(c1ccccc1)N(OCC#Cc1nc(Cl)cc2cnn(C(F)F)c12)C(=O)OC(C)(C)C. The summed E-state index contributed by atoms with van der Waals surface area (Å²) in [6.07, 6.45) is 0.586. The largest absolute Gasteiger partial charge is 0.442 e. The predicted octanol–water partition coefficient (Wildman–Crippen LogP) is 5.76. The number of benzene rings is 1.